The van der Waals surface area contributed by atoms with E-state index in [4.69, 9.17) is 10.3 Å². The number of hydrogen-bond acceptors (Lipinski definition) is 6. The van der Waals surface area contributed by atoms with E-state index in [1.54, 1.807) is 44.5 Å². The average Bonchev–Trinajstić information content (AvgIpc) is 3.20. The summed E-state index contributed by atoms with van der Waals surface area (Å²) in [5.74, 6) is 6.79. The molecule has 26 heavy (non-hydrogen) atoms. The van der Waals surface area contributed by atoms with Crippen LogP contribution in [0.1, 0.15) is 11.3 Å². The van der Waals surface area contributed by atoms with E-state index < -0.39 is 0 Å². The van der Waals surface area contributed by atoms with E-state index in [9.17, 15) is 9.18 Å². The lowest BCUT2D eigenvalue weighted by atomic mass is 10.2. The SMILES string of the molecule is Cc1occc1-c1nnc(SCC(=O)N(C)Cc2ccccc2F)n1N. The van der Waals surface area contributed by atoms with Gasteiger partial charge in [0.05, 0.1) is 17.6 Å². The standard InChI is InChI=1S/C17H18FN5O2S/c1-11-13(7-8-25-11)16-20-21-17(23(16)19)26-10-15(24)22(2)9-12-5-3-4-6-14(12)18/h3-8H,9-10,19H2,1-2H3. The molecule has 0 atom stereocenters. The minimum atomic E-state index is -0.332. The molecule has 9 heteroatoms. The third kappa shape index (κ3) is 3.72. The number of furan rings is 1. The summed E-state index contributed by atoms with van der Waals surface area (Å²) in [4.78, 5) is 13.8. The molecule has 3 rings (SSSR count). The Morgan fingerprint density at radius 3 is 2.81 bits per heavy atom. The van der Waals surface area contributed by atoms with Gasteiger partial charge in [0.1, 0.15) is 11.6 Å². The third-order valence-electron chi connectivity index (χ3n) is 3.88. The number of thioether (sulfide) groups is 1. The molecule has 0 spiro atoms. The van der Waals surface area contributed by atoms with Crippen LogP contribution in [0.15, 0.2) is 46.2 Å². The lowest BCUT2D eigenvalue weighted by Gasteiger charge is -2.17. The maximum absolute atomic E-state index is 13.7. The van der Waals surface area contributed by atoms with Crippen LogP contribution in [0.3, 0.4) is 0 Å². The predicted octanol–water partition coefficient (Wildman–Crippen LogP) is 2.45. The molecule has 0 aliphatic carbocycles. The summed E-state index contributed by atoms with van der Waals surface area (Å²) in [6.45, 7) is 2.00. The second kappa shape index (κ2) is 7.61. The van der Waals surface area contributed by atoms with Gasteiger partial charge in [-0.1, -0.05) is 30.0 Å². The van der Waals surface area contributed by atoms with Gasteiger partial charge in [0.2, 0.25) is 11.1 Å². The van der Waals surface area contributed by atoms with Crippen LogP contribution in [0.5, 0.6) is 0 Å². The van der Waals surface area contributed by atoms with Gasteiger partial charge >= 0.3 is 0 Å². The summed E-state index contributed by atoms with van der Waals surface area (Å²) >= 11 is 1.17. The molecule has 0 fully saturated rings. The minimum Gasteiger partial charge on any atom is -0.469 e. The Morgan fingerprint density at radius 1 is 1.35 bits per heavy atom. The highest BCUT2D eigenvalue weighted by molar-refractivity contribution is 7.99. The first-order valence-electron chi connectivity index (χ1n) is 7.82. The third-order valence-corrected chi connectivity index (χ3v) is 4.81. The first-order chi connectivity index (χ1) is 12.5. The topological polar surface area (TPSA) is 90.2 Å². The molecule has 0 aliphatic rings. The molecule has 7 nitrogen and oxygen atoms in total. The fourth-order valence-corrected chi connectivity index (χ4v) is 3.18. The number of nitrogen functional groups attached to an aromatic ring is 1. The Balaban J connectivity index is 1.62. The van der Waals surface area contributed by atoms with Crippen LogP contribution in [-0.2, 0) is 11.3 Å². The molecule has 2 N–H and O–H groups in total. The van der Waals surface area contributed by atoms with Crippen LogP contribution >= 0.6 is 11.8 Å². The molecule has 136 valence electrons. The van der Waals surface area contributed by atoms with Crippen molar-refractivity contribution in [2.24, 2.45) is 0 Å². The normalized spacial score (nSPS) is 10.9. The molecule has 0 aliphatic heterocycles. The van der Waals surface area contributed by atoms with Crippen LogP contribution in [0.25, 0.3) is 11.4 Å². The number of nitrogens with two attached hydrogens (primary N) is 1. The number of aryl methyl sites for hydroxylation is 1. The second-order valence-electron chi connectivity index (χ2n) is 5.70. The van der Waals surface area contributed by atoms with Crippen molar-refractivity contribution in [3.05, 3.63) is 53.7 Å². The summed E-state index contributed by atoms with van der Waals surface area (Å²) in [6.07, 6.45) is 1.55. The first kappa shape index (κ1) is 18.0. The molecule has 1 amide bonds. The van der Waals surface area contributed by atoms with Crippen LogP contribution in [0.4, 0.5) is 4.39 Å². The summed E-state index contributed by atoms with van der Waals surface area (Å²) in [7, 11) is 1.63. The van der Waals surface area contributed by atoms with Gasteiger partial charge < -0.3 is 15.2 Å². The Kier molecular flexibility index (Phi) is 5.27. The van der Waals surface area contributed by atoms with E-state index in [0.29, 0.717) is 22.3 Å². The second-order valence-corrected chi connectivity index (χ2v) is 6.64. The maximum Gasteiger partial charge on any atom is 0.233 e. The first-order valence-corrected chi connectivity index (χ1v) is 8.81. The van der Waals surface area contributed by atoms with E-state index in [1.165, 1.54) is 27.4 Å². The van der Waals surface area contributed by atoms with Crippen molar-refractivity contribution in [3.63, 3.8) is 0 Å². The van der Waals surface area contributed by atoms with Gasteiger partial charge in [-0.2, -0.15) is 0 Å². The number of carbonyl (C=O) groups is 1. The van der Waals surface area contributed by atoms with Crippen molar-refractivity contribution in [1.82, 2.24) is 19.8 Å². The predicted molar refractivity (Wildman–Crippen MR) is 96.2 cm³/mol. The van der Waals surface area contributed by atoms with Gasteiger partial charge in [-0.3, -0.25) is 4.79 Å². The maximum atomic E-state index is 13.7. The highest BCUT2D eigenvalue weighted by Crippen LogP contribution is 2.25. The zero-order chi connectivity index (χ0) is 18.7. The number of benzene rings is 1. The van der Waals surface area contributed by atoms with Gasteiger partial charge in [0.15, 0.2) is 5.82 Å². The average molecular weight is 375 g/mol. The monoisotopic (exact) mass is 375 g/mol. The molecular formula is C17H18FN5O2S. The van der Waals surface area contributed by atoms with Crippen LogP contribution in [0.2, 0.25) is 0 Å². The van der Waals surface area contributed by atoms with E-state index in [0.717, 1.165) is 5.56 Å². The Morgan fingerprint density at radius 2 is 2.12 bits per heavy atom. The highest BCUT2D eigenvalue weighted by Gasteiger charge is 2.18. The lowest BCUT2D eigenvalue weighted by Crippen LogP contribution is -2.28. The largest absolute Gasteiger partial charge is 0.469 e. The molecule has 2 aromatic heterocycles. The van der Waals surface area contributed by atoms with Crippen molar-refractivity contribution in [1.29, 1.82) is 0 Å². The van der Waals surface area contributed by atoms with Gasteiger partial charge in [0.25, 0.3) is 0 Å². The number of carbonyl (C=O) groups excluding carboxylic acids is 1. The van der Waals surface area contributed by atoms with Gasteiger partial charge in [0, 0.05) is 19.2 Å². The van der Waals surface area contributed by atoms with E-state index >= 15 is 0 Å². The van der Waals surface area contributed by atoms with Crippen LogP contribution in [-0.4, -0.2) is 38.5 Å². The summed E-state index contributed by atoms with van der Waals surface area (Å²) < 4.78 is 20.3. The Hall–Kier alpha value is -2.81. The quantitative estimate of drug-likeness (QED) is 0.526. The van der Waals surface area contributed by atoms with E-state index in [1.807, 2.05) is 0 Å². The number of nitrogens with zero attached hydrogens (tertiary/aromatic N) is 4. The smallest absolute Gasteiger partial charge is 0.233 e. The molecule has 0 unspecified atom stereocenters. The number of amides is 1. The van der Waals surface area contributed by atoms with Crippen molar-refractivity contribution < 1.29 is 13.6 Å². The van der Waals surface area contributed by atoms with Crippen molar-refractivity contribution >= 4 is 17.7 Å². The van der Waals surface area contributed by atoms with Gasteiger partial charge in [-0.15, -0.1) is 10.2 Å². The van der Waals surface area contributed by atoms with E-state index in [2.05, 4.69) is 10.2 Å². The molecule has 1 aromatic carbocycles. The number of halogens is 1. The van der Waals surface area contributed by atoms with Crippen molar-refractivity contribution in [3.8, 4) is 11.4 Å². The van der Waals surface area contributed by atoms with Gasteiger partial charge in [-0.05, 0) is 19.1 Å². The summed E-state index contributed by atoms with van der Waals surface area (Å²) in [6, 6.07) is 8.14. The van der Waals surface area contributed by atoms with E-state index in [-0.39, 0.29) is 24.0 Å². The molecule has 0 radical (unpaired) electrons. The van der Waals surface area contributed by atoms with Crippen LogP contribution in [0, 0.1) is 12.7 Å². The number of hydrogen-bond donors (Lipinski definition) is 1. The molecule has 0 saturated heterocycles. The fraction of sp³-hybridized carbons (Fsp3) is 0.235. The zero-order valence-electron chi connectivity index (χ0n) is 14.3. The summed E-state index contributed by atoms with van der Waals surface area (Å²) in [5.41, 5.74) is 1.21. The lowest BCUT2D eigenvalue weighted by molar-refractivity contribution is -0.127. The zero-order valence-corrected chi connectivity index (χ0v) is 15.2. The number of aromatic nitrogens is 3. The molecule has 3 aromatic rings. The molecule has 2 heterocycles. The molecular weight excluding hydrogens is 357 g/mol. The molecule has 0 bridgehead atoms. The Labute approximate surface area is 154 Å². The molecule has 0 saturated carbocycles. The Bertz CT molecular complexity index is 924. The highest BCUT2D eigenvalue weighted by atomic mass is 32.2. The van der Waals surface area contributed by atoms with Crippen molar-refractivity contribution in [2.75, 3.05) is 18.6 Å². The van der Waals surface area contributed by atoms with Gasteiger partial charge in [-0.25, -0.2) is 9.07 Å². The summed E-state index contributed by atoms with van der Waals surface area (Å²) in [5, 5.41) is 8.48. The van der Waals surface area contributed by atoms with Crippen LogP contribution < -0.4 is 5.84 Å². The van der Waals surface area contributed by atoms with Crippen molar-refractivity contribution in [2.45, 2.75) is 18.6 Å². The number of rotatable bonds is 6. The minimum absolute atomic E-state index is 0.116. The fourth-order valence-electron chi connectivity index (χ4n) is 2.38.